The van der Waals surface area contributed by atoms with E-state index in [-0.39, 0.29) is 11.9 Å². The molecule has 3 heterocycles. The average molecular weight is 328 g/mol. The number of oxazole rings is 1. The van der Waals surface area contributed by atoms with Crippen molar-refractivity contribution in [3.8, 4) is 0 Å². The van der Waals surface area contributed by atoms with Crippen LogP contribution in [0.5, 0.6) is 0 Å². The Morgan fingerprint density at radius 2 is 2.30 bits per heavy atom. The summed E-state index contributed by atoms with van der Waals surface area (Å²) in [5, 5.41) is 3.28. The molecule has 6 nitrogen and oxygen atoms in total. The lowest BCUT2D eigenvalue weighted by atomic mass is 10.3. The van der Waals surface area contributed by atoms with Crippen molar-refractivity contribution in [2.24, 2.45) is 0 Å². The van der Waals surface area contributed by atoms with Gasteiger partial charge in [-0.05, 0) is 43.1 Å². The van der Waals surface area contributed by atoms with Crippen LogP contribution in [0.2, 0.25) is 0 Å². The fraction of sp³-hybridized carbons (Fsp3) is 0.312. The fourth-order valence-corrected chi connectivity index (χ4v) is 3.34. The second-order valence-electron chi connectivity index (χ2n) is 5.69. The summed E-state index contributed by atoms with van der Waals surface area (Å²) in [6.45, 7) is 3.30. The normalized spacial score (nSPS) is 17.8. The third-order valence-corrected chi connectivity index (χ3v) is 4.64. The lowest BCUT2D eigenvalue weighted by Gasteiger charge is -2.15. The van der Waals surface area contributed by atoms with Crippen molar-refractivity contribution in [3.63, 3.8) is 0 Å². The van der Waals surface area contributed by atoms with Gasteiger partial charge in [0.2, 0.25) is 0 Å². The lowest BCUT2D eigenvalue weighted by molar-refractivity contribution is 0.0787. The molecular weight excluding hydrogens is 312 g/mol. The molecule has 0 unspecified atom stereocenters. The predicted octanol–water partition coefficient (Wildman–Crippen LogP) is 2.92. The smallest absolute Gasteiger partial charge is 0.295 e. The molecule has 1 fully saturated rings. The van der Waals surface area contributed by atoms with Gasteiger partial charge in [0.05, 0.1) is 0 Å². The minimum absolute atomic E-state index is 0.00350. The number of anilines is 1. The summed E-state index contributed by atoms with van der Waals surface area (Å²) < 4.78 is 9.87. The highest BCUT2D eigenvalue weighted by Crippen LogP contribution is 2.22. The SMILES string of the molecule is Cc1cc(C(=O)N2CC[C@H](Nc3nc4ccccc4o3)C2)ns1. The maximum absolute atomic E-state index is 12.4. The first-order valence-corrected chi connectivity index (χ1v) is 8.31. The van der Waals surface area contributed by atoms with E-state index >= 15 is 0 Å². The maximum Gasteiger partial charge on any atom is 0.295 e. The molecule has 1 saturated heterocycles. The highest BCUT2D eigenvalue weighted by Gasteiger charge is 2.28. The number of fused-ring (bicyclic) bond motifs is 1. The molecule has 3 aromatic rings. The number of aryl methyl sites for hydroxylation is 1. The second kappa shape index (κ2) is 5.66. The average Bonchev–Trinajstić information content (AvgIpc) is 3.25. The van der Waals surface area contributed by atoms with Crippen molar-refractivity contribution in [1.82, 2.24) is 14.3 Å². The Morgan fingerprint density at radius 1 is 1.43 bits per heavy atom. The molecule has 1 amide bonds. The largest absolute Gasteiger partial charge is 0.424 e. The highest BCUT2D eigenvalue weighted by atomic mass is 32.1. The van der Waals surface area contributed by atoms with Gasteiger partial charge in [0.1, 0.15) is 11.2 Å². The molecule has 2 aromatic heterocycles. The van der Waals surface area contributed by atoms with E-state index in [0.29, 0.717) is 24.8 Å². The molecule has 7 heteroatoms. The lowest BCUT2D eigenvalue weighted by Crippen LogP contribution is -2.31. The van der Waals surface area contributed by atoms with Crippen LogP contribution in [0.25, 0.3) is 11.1 Å². The van der Waals surface area contributed by atoms with Crippen molar-refractivity contribution in [2.45, 2.75) is 19.4 Å². The summed E-state index contributed by atoms with van der Waals surface area (Å²) in [6.07, 6.45) is 0.869. The summed E-state index contributed by atoms with van der Waals surface area (Å²) in [7, 11) is 0. The minimum atomic E-state index is -0.00350. The molecule has 1 atom stereocenters. The van der Waals surface area contributed by atoms with E-state index in [4.69, 9.17) is 4.42 Å². The van der Waals surface area contributed by atoms with E-state index in [0.717, 1.165) is 22.4 Å². The van der Waals surface area contributed by atoms with Crippen LogP contribution in [0.1, 0.15) is 21.8 Å². The Balaban J connectivity index is 1.43. The van der Waals surface area contributed by atoms with Crippen LogP contribution >= 0.6 is 11.5 Å². The molecule has 1 N–H and O–H groups in total. The first-order valence-electron chi connectivity index (χ1n) is 7.54. The standard InChI is InChI=1S/C16H16N4O2S/c1-10-8-13(19-23-10)15(21)20-7-6-11(9-20)17-16-18-12-4-2-3-5-14(12)22-16/h2-5,8,11H,6-7,9H2,1H3,(H,17,18)/t11-/m0/s1. The Bertz CT molecular complexity index is 824. The molecule has 1 aliphatic heterocycles. The van der Waals surface area contributed by atoms with Crippen LogP contribution < -0.4 is 5.32 Å². The Hall–Kier alpha value is -2.41. The van der Waals surface area contributed by atoms with Gasteiger partial charge in [-0.1, -0.05) is 12.1 Å². The van der Waals surface area contributed by atoms with Gasteiger partial charge in [0, 0.05) is 24.0 Å². The van der Waals surface area contributed by atoms with E-state index in [2.05, 4.69) is 14.7 Å². The Kier molecular flexibility index (Phi) is 3.49. The first kappa shape index (κ1) is 14.2. The number of benzene rings is 1. The zero-order chi connectivity index (χ0) is 15.8. The molecule has 0 radical (unpaired) electrons. The van der Waals surface area contributed by atoms with Crippen LogP contribution in [0.3, 0.4) is 0 Å². The van der Waals surface area contributed by atoms with Gasteiger partial charge in [-0.2, -0.15) is 9.36 Å². The van der Waals surface area contributed by atoms with E-state index in [9.17, 15) is 4.79 Å². The number of amides is 1. The topological polar surface area (TPSA) is 71.3 Å². The summed E-state index contributed by atoms with van der Waals surface area (Å²) in [6, 6.07) is 10.2. The van der Waals surface area contributed by atoms with Gasteiger partial charge in [0.25, 0.3) is 11.9 Å². The summed E-state index contributed by atoms with van der Waals surface area (Å²) in [5.41, 5.74) is 2.13. The number of carbonyl (C=O) groups excluding carboxylic acids is 1. The fourth-order valence-electron chi connectivity index (χ4n) is 2.80. The molecule has 118 valence electrons. The van der Waals surface area contributed by atoms with E-state index in [1.807, 2.05) is 42.2 Å². The molecule has 0 bridgehead atoms. The van der Waals surface area contributed by atoms with Crippen LogP contribution in [0, 0.1) is 6.92 Å². The van der Waals surface area contributed by atoms with Crippen molar-refractivity contribution in [2.75, 3.05) is 18.4 Å². The molecule has 4 rings (SSSR count). The minimum Gasteiger partial charge on any atom is -0.424 e. The number of hydrogen-bond acceptors (Lipinski definition) is 6. The van der Waals surface area contributed by atoms with Gasteiger partial charge in [-0.25, -0.2) is 0 Å². The highest BCUT2D eigenvalue weighted by molar-refractivity contribution is 7.05. The Labute approximate surface area is 137 Å². The number of aromatic nitrogens is 2. The molecule has 1 aromatic carbocycles. The number of nitrogens with zero attached hydrogens (tertiary/aromatic N) is 3. The summed E-state index contributed by atoms with van der Waals surface area (Å²) in [4.78, 5) is 19.7. The maximum atomic E-state index is 12.4. The molecule has 0 spiro atoms. The monoisotopic (exact) mass is 328 g/mol. The quantitative estimate of drug-likeness (QED) is 0.800. The molecular formula is C16H16N4O2S. The zero-order valence-corrected chi connectivity index (χ0v) is 13.5. The predicted molar refractivity (Wildman–Crippen MR) is 88.8 cm³/mol. The second-order valence-corrected chi connectivity index (χ2v) is 6.70. The van der Waals surface area contributed by atoms with Crippen LogP contribution in [0.15, 0.2) is 34.7 Å². The molecule has 1 aliphatic rings. The number of nitrogens with one attached hydrogen (secondary N) is 1. The van der Waals surface area contributed by atoms with Gasteiger partial charge in [0.15, 0.2) is 5.58 Å². The summed E-state index contributed by atoms with van der Waals surface area (Å²) >= 11 is 1.36. The van der Waals surface area contributed by atoms with E-state index in [1.54, 1.807) is 0 Å². The number of likely N-dealkylation sites (tertiary alicyclic amines) is 1. The van der Waals surface area contributed by atoms with Crippen LogP contribution in [0.4, 0.5) is 6.01 Å². The third-order valence-electron chi connectivity index (χ3n) is 3.94. The van der Waals surface area contributed by atoms with Gasteiger partial charge in [-0.3, -0.25) is 4.79 Å². The number of para-hydroxylation sites is 2. The molecule has 0 aliphatic carbocycles. The number of rotatable bonds is 3. The summed E-state index contributed by atoms with van der Waals surface area (Å²) in [5.74, 6) is -0.00350. The molecule has 23 heavy (non-hydrogen) atoms. The third kappa shape index (κ3) is 2.79. The van der Waals surface area contributed by atoms with Gasteiger partial charge >= 0.3 is 0 Å². The van der Waals surface area contributed by atoms with Crippen molar-refractivity contribution in [1.29, 1.82) is 0 Å². The van der Waals surface area contributed by atoms with E-state index in [1.165, 1.54) is 11.5 Å². The van der Waals surface area contributed by atoms with Crippen LogP contribution in [-0.4, -0.2) is 39.3 Å². The number of hydrogen-bond donors (Lipinski definition) is 1. The van der Waals surface area contributed by atoms with Gasteiger partial charge in [-0.15, -0.1) is 0 Å². The zero-order valence-electron chi connectivity index (χ0n) is 12.7. The molecule has 0 saturated carbocycles. The van der Waals surface area contributed by atoms with Crippen molar-refractivity contribution >= 4 is 34.6 Å². The van der Waals surface area contributed by atoms with Gasteiger partial charge < -0.3 is 14.6 Å². The Morgan fingerprint density at radius 3 is 3.09 bits per heavy atom. The van der Waals surface area contributed by atoms with Crippen LogP contribution in [-0.2, 0) is 0 Å². The van der Waals surface area contributed by atoms with E-state index < -0.39 is 0 Å². The first-order chi connectivity index (χ1) is 11.2. The number of carbonyl (C=O) groups is 1. The van der Waals surface area contributed by atoms with Crippen molar-refractivity contribution < 1.29 is 9.21 Å². The van der Waals surface area contributed by atoms with Crippen molar-refractivity contribution in [3.05, 3.63) is 40.9 Å².